The second kappa shape index (κ2) is 4.62. The van der Waals surface area contributed by atoms with Gasteiger partial charge in [0, 0.05) is 6.57 Å². The highest BCUT2D eigenvalue weighted by molar-refractivity contribution is 5.41. The fourth-order valence-electron chi connectivity index (χ4n) is 0.518. The van der Waals surface area contributed by atoms with Crippen LogP contribution in [0.25, 0.3) is 6.08 Å². The van der Waals surface area contributed by atoms with Gasteiger partial charge in [-0.2, -0.15) is 15.0 Å². The monoisotopic (exact) mass is 164 g/mol. The van der Waals surface area contributed by atoms with Crippen molar-refractivity contribution in [2.24, 2.45) is 0 Å². The minimum Gasteiger partial charge on any atom is -0.368 e. The lowest BCUT2D eigenvalue weighted by Crippen LogP contribution is -2.03. The first-order chi connectivity index (χ1) is 5.72. The van der Waals surface area contributed by atoms with Gasteiger partial charge < -0.3 is 11.5 Å². The van der Waals surface area contributed by atoms with Crippen molar-refractivity contribution in [2.45, 2.75) is 0 Å². The van der Waals surface area contributed by atoms with Gasteiger partial charge >= 0.3 is 0 Å². The third-order valence-electron chi connectivity index (χ3n) is 0.870. The van der Waals surface area contributed by atoms with Crippen LogP contribution in [-0.4, -0.2) is 15.0 Å². The molecular formula is C6H8N6. The summed E-state index contributed by atoms with van der Waals surface area (Å²) >= 11 is 0. The number of nitriles is 1. The molecule has 0 unspecified atom stereocenters. The normalized spacial score (nSPS) is 7.83. The molecule has 1 aromatic rings. The molecule has 0 aliphatic carbocycles. The van der Waals surface area contributed by atoms with Gasteiger partial charge in [-0.15, -0.1) is 0 Å². The van der Waals surface area contributed by atoms with Gasteiger partial charge in [0.25, 0.3) is 0 Å². The highest BCUT2D eigenvalue weighted by Gasteiger charge is 1.95. The van der Waals surface area contributed by atoms with E-state index in [-0.39, 0.29) is 11.9 Å². The van der Waals surface area contributed by atoms with Crippen LogP contribution >= 0.6 is 0 Å². The van der Waals surface area contributed by atoms with Crippen molar-refractivity contribution in [1.82, 2.24) is 15.0 Å². The second-order valence-corrected chi connectivity index (χ2v) is 1.61. The molecule has 0 amide bonds. The summed E-state index contributed by atoms with van der Waals surface area (Å²) in [7, 11) is 0. The number of hydrogen-bond donors (Lipinski definition) is 2. The topological polar surface area (TPSA) is 114 Å². The number of anilines is 2. The fourth-order valence-corrected chi connectivity index (χ4v) is 0.518. The van der Waals surface area contributed by atoms with E-state index in [0.29, 0.717) is 5.82 Å². The van der Waals surface area contributed by atoms with Gasteiger partial charge in [0.2, 0.25) is 11.9 Å². The summed E-state index contributed by atoms with van der Waals surface area (Å²) in [6, 6.07) is 0. The van der Waals surface area contributed by atoms with Gasteiger partial charge in [-0.25, -0.2) is 5.26 Å². The SMILES string of the molecule is C#N.C=Cc1nc(N)nc(N)n1. The maximum absolute atomic E-state index is 6.50. The Bertz CT molecular complexity index is 271. The third-order valence-corrected chi connectivity index (χ3v) is 0.870. The first kappa shape index (κ1) is 9.84. The van der Waals surface area contributed by atoms with Crippen LogP contribution in [0.3, 0.4) is 0 Å². The van der Waals surface area contributed by atoms with Crippen molar-refractivity contribution in [3.05, 3.63) is 12.4 Å². The zero-order valence-electron chi connectivity index (χ0n) is 6.31. The van der Waals surface area contributed by atoms with Gasteiger partial charge in [0.15, 0.2) is 5.82 Å². The lowest BCUT2D eigenvalue weighted by atomic mass is 10.6. The molecule has 0 aliphatic heterocycles. The zero-order chi connectivity index (χ0) is 9.56. The Morgan fingerprint density at radius 3 is 1.92 bits per heavy atom. The molecule has 12 heavy (non-hydrogen) atoms. The van der Waals surface area contributed by atoms with Crippen molar-refractivity contribution in [1.29, 1.82) is 5.26 Å². The molecule has 0 atom stereocenters. The molecule has 0 spiro atoms. The highest BCUT2D eigenvalue weighted by Crippen LogP contribution is 1.98. The molecule has 1 aromatic heterocycles. The maximum Gasteiger partial charge on any atom is 0.225 e. The van der Waals surface area contributed by atoms with E-state index in [1.54, 1.807) is 0 Å². The predicted molar refractivity (Wildman–Crippen MR) is 45.4 cm³/mol. The lowest BCUT2D eigenvalue weighted by Gasteiger charge is -1.94. The average molecular weight is 164 g/mol. The minimum atomic E-state index is 0.113. The standard InChI is InChI=1S/C5H7N5.CHN/c1-2-3-8-4(6)10-5(7)9-3;1-2/h2H,1H2,(H4,6,7,8,9,10);1H. The Morgan fingerprint density at radius 2 is 1.58 bits per heavy atom. The maximum atomic E-state index is 6.50. The van der Waals surface area contributed by atoms with Crippen LogP contribution in [0.1, 0.15) is 5.82 Å². The van der Waals surface area contributed by atoms with Gasteiger partial charge in [-0.05, 0) is 6.08 Å². The third kappa shape index (κ3) is 2.62. The Labute approximate surface area is 69.6 Å². The van der Waals surface area contributed by atoms with Crippen LogP contribution in [0.4, 0.5) is 11.9 Å². The van der Waals surface area contributed by atoms with Crippen molar-refractivity contribution < 1.29 is 0 Å². The smallest absolute Gasteiger partial charge is 0.225 e. The summed E-state index contributed by atoms with van der Waals surface area (Å²) in [6.45, 7) is 6.95. The van der Waals surface area contributed by atoms with E-state index in [0.717, 1.165) is 0 Å². The molecule has 6 heteroatoms. The number of nitrogen functional groups attached to an aromatic ring is 2. The Morgan fingerprint density at radius 1 is 1.17 bits per heavy atom. The fraction of sp³-hybridized carbons (Fsp3) is 0. The molecule has 1 rings (SSSR count). The Kier molecular flexibility index (Phi) is 3.79. The number of hydrogen-bond acceptors (Lipinski definition) is 6. The Balaban J connectivity index is 0.000000561. The van der Waals surface area contributed by atoms with Gasteiger partial charge in [0.1, 0.15) is 0 Å². The molecule has 4 N–H and O–H groups in total. The van der Waals surface area contributed by atoms with E-state index in [4.69, 9.17) is 16.7 Å². The van der Waals surface area contributed by atoms with E-state index in [2.05, 4.69) is 28.1 Å². The van der Waals surface area contributed by atoms with Crippen LogP contribution in [0, 0.1) is 11.8 Å². The molecule has 0 radical (unpaired) electrons. The molecule has 62 valence electrons. The average Bonchev–Trinajstić information content (AvgIpc) is 2.06. The second-order valence-electron chi connectivity index (χ2n) is 1.61. The summed E-state index contributed by atoms with van der Waals surface area (Å²) < 4.78 is 0. The van der Waals surface area contributed by atoms with Crippen molar-refractivity contribution in [3.63, 3.8) is 0 Å². The van der Waals surface area contributed by atoms with Crippen LogP contribution in [-0.2, 0) is 0 Å². The number of aromatic nitrogens is 3. The van der Waals surface area contributed by atoms with Crippen LogP contribution in [0.5, 0.6) is 0 Å². The first-order valence-electron chi connectivity index (χ1n) is 2.87. The molecule has 0 aliphatic rings. The molecule has 0 fully saturated rings. The van der Waals surface area contributed by atoms with E-state index in [1.165, 1.54) is 6.08 Å². The molecule has 0 saturated heterocycles. The van der Waals surface area contributed by atoms with Crippen LogP contribution in [0.2, 0.25) is 0 Å². The molecule has 1 heterocycles. The van der Waals surface area contributed by atoms with E-state index >= 15 is 0 Å². The number of nitrogens with two attached hydrogens (primary N) is 2. The number of rotatable bonds is 1. The molecule has 0 saturated carbocycles. The van der Waals surface area contributed by atoms with Crippen molar-refractivity contribution in [3.8, 4) is 6.57 Å². The van der Waals surface area contributed by atoms with E-state index in [1.807, 2.05) is 0 Å². The van der Waals surface area contributed by atoms with Gasteiger partial charge in [-0.3, -0.25) is 0 Å². The van der Waals surface area contributed by atoms with Crippen LogP contribution < -0.4 is 11.5 Å². The number of nitrogens with zero attached hydrogens (tertiary/aromatic N) is 4. The molecule has 0 bridgehead atoms. The summed E-state index contributed by atoms with van der Waals surface area (Å²) in [5, 5.41) is 6.50. The summed E-state index contributed by atoms with van der Waals surface area (Å²) in [4.78, 5) is 11.0. The molecular weight excluding hydrogens is 156 g/mol. The molecule has 0 aromatic carbocycles. The van der Waals surface area contributed by atoms with E-state index in [9.17, 15) is 0 Å². The summed E-state index contributed by atoms with van der Waals surface area (Å²) in [5.74, 6) is 0.620. The highest BCUT2D eigenvalue weighted by atomic mass is 15.1. The lowest BCUT2D eigenvalue weighted by molar-refractivity contribution is 1.06. The Hall–Kier alpha value is -2.16. The van der Waals surface area contributed by atoms with Gasteiger partial charge in [-0.1, -0.05) is 6.58 Å². The quantitative estimate of drug-likeness (QED) is 0.594. The zero-order valence-corrected chi connectivity index (χ0v) is 6.31. The first-order valence-corrected chi connectivity index (χ1v) is 2.87. The molecule has 6 nitrogen and oxygen atoms in total. The van der Waals surface area contributed by atoms with Crippen LogP contribution in [0.15, 0.2) is 6.58 Å². The summed E-state index contributed by atoms with van der Waals surface area (Å²) in [6.07, 6.45) is 1.45. The van der Waals surface area contributed by atoms with Crippen molar-refractivity contribution >= 4 is 18.0 Å². The summed E-state index contributed by atoms with van der Waals surface area (Å²) in [5.41, 5.74) is 10.5. The largest absolute Gasteiger partial charge is 0.368 e. The van der Waals surface area contributed by atoms with E-state index < -0.39 is 0 Å². The van der Waals surface area contributed by atoms with Gasteiger partial charge in [0.05, 0.1) is 0 Å². The minimum absolute atomic E-state index is 0.113. The van der Waals surface area contributed by atoms with Crippen molar-refractivity contribution in [2.75, 3.05) is 11.5 Å². The predicted octanol–water partition coefficient (Wildman–Crippen LogP) is -0.181.